The van der Waals surface area contributed by atoms with Crippen LogP contribution in [0, 0.1) is 29.1 Å². The molecule has 0 radical (unpaired) electrons. The second-order valence-corrected chi connectivity index (χ2v) is 14.8. The molecular weight excluding hydrogens is 600 g/mol. The molecule has 0 aromatic heterocycles. The van der Waals surface area contributed by atoms with E-state index in [0.717, 1.165) is 0 Å². The highest BCUT2D eigenvalue weighted by Gasteiger charge is 2.89. The summed E-state index contributed by atoms with van der Waals surface area (Å²) >= 11 is 0. The van der Waals surface area contributed by atoms with Crippen LogP contribution in [0.1, 0.15) is 59.7 Å². The molecule has 6 aliphatic rings. The SMILES string of the molecule is CCN1C[C@]2(OC(=O)c3ccccc3NC(=O)c3ccccc3)CC[C@H](OC)[C@]34C1[C@H](C[C@H]23)[C@@]1(O)C[C@H](OC)[C@H]2C[C@@H]4[C@]1(O)[C@H]2OC. The van der Waals surface area contributed by atoms with Crippen molar-refractivity contribution in [3.05, 3.63) is 65.7 Å². The van der Waals surface area contributed by atoms with E-state index in [2.05, 4.69) is 17.1 Å². The predicted molar refractivity (Wildman–Crippen MR) is 172 cm³/mol. The fraction of sp³-hybridized carbons (Fsp3) is 0.622. The van der Waals surface area contributed by atoms with Crippen molar-refractivity contribution in [1.82, 2.24) is 4.90 Å². The zero-order chi connectivity index (χ0) is 32.9. The largest absolute Gasteiger partial charge is 0.454 e. The lowest BCUT2D eigenvalue weighted by atomic mass is 9.44. The summed E-state index contributed by atoms with van der Waals surface area (Å²) in [4.78, 5) is 29.9. The maximum absolute atomic E-state index is 14.4. The number of ether oxygens (including phenoxy) is 4. The minimum Gasteiger partial charge on any atom is -0.454 e. The molecule has 2 aromatic carbocycles. The molecule has 1 aliphatic heterocycles. The number of methoxy groups -OCH3 is 3. The smallest absolute Gasteiger partial charge is 0.340 e. The number of esters is 1. The number of amides is 1. The quantitative estimate of drug-likeness (QED) is 0.370. The van der Waals surface area contributed by atoms with E-state index in [1.807, 2.05) is 6.07 Å². The molecule has 1 saturated heterocycles. The van der Waals surface area contributed by atoms with Crippen LogP contribution in [-0.2, 0) is 18.9 Å². The van der Waals surface area contributed by atoms with Gasteiger partial charge in [-0.15, -0.1) is 0 Å². The number of para-hydroxylation sites is 1. The number of fused-ring (bicyclic) bond motifs is 2. The number of likely N-dealkylation sites (N-methyl/N-ethyl adjacent to an activating group) is 1. The summed E-state index contributed by atoms with van der Waals surface area (Å²) in [7, 11) is 5.06. The Balaban J connectivity index is 1.21. The van der Waals surface area contributed by atoms with Gasteiger partial charge in [-0.1, -0.05) is 37.3 Å². The van der Waals surface area contributed by atoms with Crippen molar-refractivity contribution in [2.75, 3.05) is 39.7 Å². The molecule has 12 atom stereocenters. The van der Waals surface area contributed by atoms with E-state index in [4.69, 9.17) is 18.9 Å². The van der Waals surface area contributed by atoms with E-state index in [0.29, 0.717) is 56.4 Å². The number of hydrogen-bond donors (Lipinski definition) is 3. The first-order valence-corrected chi connectivity index (χ1v) is 17.1. The average Bonchev–Trinajstić information content (AvgIpc) is 3.51. The van der Waals surface area contributed by atoms with Gasteiger partial charge in [0.05, 0.1) is 29.6 Å². The van der Waals surface area contributed by atoms with Crippen molar-refractivity contribution >= 4 is 17.6 Å². The van der Waals surface area contributed by atoms with Gasteiger partial charge in [-0.25, -0.2) is 4.79 Å². The number of aliphatic hydroxyl groups is 2. The van der Waals surface area contributed by atoms with E-state index in [-0.39, 0.29) is 53.4 Å². The predicted octanol–water partition coefficient (Wildman–Crippen LogP) is 3.52. The zero-order valence-corrected chi connectivity index (χ0v) is 27.6. The first-order chi connectivity index (χ1) is 22.6. The lowest BCUT2D eigenvalue weighted by molar-refractivity contribution is -0.337. The fourth-order valence-corrected chi connectivity index (χ4v) is 12.2. The highest BCUT2D eigenvalue weighted by molar-refractivity contribution is 6.08. The zero-order valence-electron chi connectivity index (χ0n) is 27.6. The molecule has 3 N–H and O–H groups in total. The van der Waals surface area contributed by atoms with Gasteiger partial charge in [0.25, 0.3) is 5.91 Å². The molecule has 1 amide bonds. The van der Waals surface area contributed by atoms with Crippen molar-refractivity contribution in [3.8, 4) is 0 Å². The Morgan fingerprint density at radius 3 is 2.40 bits per heavy atom. The van der Waals surface area contributed by atoms with Crippen LogP contribution in [0.5, 0.6) is 0 Å². The highest BCUT2D eigenvalue weighted by Crippen LogP contribution is 2.79. The van der Waals surface area contributed by atoms with E-state index >= 15 is 0 Å². The van der Waals surface area contributed by atoms with Crippen LogP contribution in [0.4, 0.5) is 5.69 Å². The lowest BCUT2D eigenvalue weighted by Gasteiger charge is -2.70. The Bertz CT molecular complexity index is 1570. The number of nitrogens with zero attached hydrogens (tertiary/aromatic N) is 1. The number of hydrogen-bond acceptors (Lipinski definition) is 9. The molecule has 10 heteroatoms. The minimum absolute atomic E-state index is 0.0610. The van der Waals surface area contributed by atoms with Crippen molar-refractivity contribution in [1.29, 1.82) is 0 Å². The Morgan fingerprint density at radius 2 is 1.70 bits per heavy atom. The molecule has 1 unspecified atom stereocenters. The highest BCUT2D eigenvalue weighted by atomic mass is 16.6. The minimum atomic E-state index is -1.49. The normalized spacial score (nSPS) is 44.2. The number of carbonyl (C=O) groups is 2. The summed E-state index contributed by atoms with van der Waals surface area (Å²) in [6.45, 7) is 3.34. The topological polar surface area (TPSA) is 127 Å². The number of benzene rings is 2. The number of piperidine rings is 1. The monoisotopic (exact) mass is 646 g/mol. The van der Waals surface area contributed by atoms with Crippen LogP contribution >= 0.6 is 0 Å². The van der Waals surface area contributed by atoms with Gasteiger partial charge < -0.3 is 34.5 Å². The molecule has 6 fully saturated rings. The van der Waals surface area contributed by atoms with Crippen LogP contribution < -0.4 is 5.32 Å². The first kappa shape index (κ1) is 31.4. The Kier molecular flexibility index (Phi) is 7.23. The van der Waals surface area contributed by atoms with E-state index in [1.165, 1.54) is 0 Å². The third-order valence-corrected chi connectivity index (χ3v) is 13.6. The first-order valence-electron chi connectivity index (χ1n) is 17.1. The average molecular weight is 647 g/mol. The van der Waals surface area contributed by atoms with Gasteiger partial charge >= 0.3 is 5.97 Å². The molecule has 5 saturated carbocycles. The molecule has 8 rings (SSSR count). The van der Waals surface area contributed by atoms with Crippen LogP contribution in [0.3, 0.4) is 0 Å². The summed E-state index contributed by atoms with van der Waals surface area (Å²) in [5, 5.41) is 28.8. The molecule has 47 heavy (non-hydrogen) atoms. The van der Waals surface area contributed by atoms with E-state index in [1.54, 1.807) is 69.9 Å². The lowest BCUT2D eigenvalue weighted by Crippen LogP contribution is -2.83. The number of rotatable bonds is 8. The Morgan fingerprint density at radius 1 is 0.957 bits per heavy atom. The summed E-state index contributed by atoms with van der Waals surface area (Å²) < 4.78 is 25.3. The Hall–Kier alpha value is -2.86. The van der Waals surface area contributed by atoms with Gasteiger partial charge in [0.2, 0.25) is 0 Å². The molecule has 252 valence electrons. The second-order valence-electron chi connectivity index (χ2n) is 14.8. The maximum Gasteiger partial charge on any atom is 0.340 e. The van der Waals surface area contributed by atoms with Gasteiger partial charge in [0.1, 0.15) is 16.8 Å². The molecule has 1 spiro atoms. The molecule has 10 nitrogen and oxygen atoms in total. The molecule has 2 aromatic rings. The standard InChI is InChI=1S/C37H46N2O8/c1-5-39-20-34(47-33(41)22-13-9-10-14-25(22)38-32(40)21-11-7-6-8-12-21)16-15-29(45-3)36-27(34)18-24(30(36)39)35(42)19-26(44-2)23-17-28(36)37(35,43)31(23)46-4/h6-14,23-24,26-31,42-43H,5,15-20H2,1-4H3,(H,38,40)/t23-,24+,26+,27-,28+,29+,30?,31+,34-,35+,36+,37+/m1/s1. The third-order valence-electron chi connectivity index (χ3n) is 13.6. The van der Waals surface area contributed by atoms with Gasteiger partial charge in [0.15, 0.2) is 0 Å². The van der Waals surface area contributed by atoms with E-state index in [9.17, 15) is 19.8 Å². The number of anilines is 1. The molecular formula is C37H46N2O8. The molecule has 1 heterocycles. The third kappa shape index (κ3) is 3.83. The molecule has 7 bridgehead atoms. The van der Waals surface area contributed by atoms with Crippen molar-refractivity contribution in [3.63, 3.8) is 0 Å². The van der Waals surface area contributed by atoms with Crippen molar-refractivity contribution < 1.29 is 38.7 Å². The van der Waals surface area contributed by atoms with Crippen LogP contribution in [0.25, 0.3) is 0 Å². The van der Waals surface area contributed by atoms with E-state index < -0.39 is 34.3 Å². The van der Waals surface area contributed by atoms with Gasteiger partial charge in [-0.05, 0) is 56.5 Å². The van der Waals surface area contributed by atoms with Crippen molar-refractivity contribution in [2.24, 2.45) is 29.1 Å². The number of nitrogens with one attached hydrogen (secondary N) is 1. The number of likely N-dealkylation sites (tertiary alicyclic amines) is 1. The van der Waals surface area contributed by atoms with Crippen molar-refractivity contribution in [2.45, 2.75) is 80.2 Å². The van der Waals surface area contributed by atoms with Gasteiger partial charge in [-0.3, -0.25) is 9.69 Å². The molecule has 5 aliphatic carbocycles. The Labute approximate surface area is 275 Å². The number of carbonyl (C=O) groups excluding carboxylic acids is 2. The summed E-state index contributed by atoms with van der Waals surface area (Å²) in [6.07, 6.45) is 1.79. The second kappa shape index (κ2) is 10.8. The van der Waals surface area contributed by atoms with Gasteiger partial charge in [-0.2, -0.15) is 0 Å². The summed E-state index contributed by atoms with van der Waals surface area (Å²) in [6, 6.07) is 15.8. The summed E-state index contributed by atoms with van der Waals surface area (Å²) in [5.41, 5.74) is -3.23. The van der Waals surface area contributed by atoms with Crippen LogP contribution in [-0.4, -0.2) is 103 Å². The summed E-state index contributed by atoms with van der Waals surface area (Å²) in [5.74, 6) is -1.68. The van der Waals surface area contributed by atoms with Crippen LogP contribution in [0.15, 0.2) is 54.6 Å². The fourth-order valence-electron chi connectivity index (χ4n) is 12.2. The maximum atomic E-state index is 14.4. The van der Waals surface area contributed by atoms with Crippen LogP contribution in [0.2, 0.25) is 0 Å². The van der Waals surface area contributed by atoms with Gasteiger partial charge in [0, 0.05) is 75.0 Å².